The zero-order chi connectivity index (χ0) is 15.1. The van der Waals surface area contributed by atoms with Gasteiger partial charge in [0.05, 0.1) is 11.4 Å². The topological polar surface area (TPSA) is 32.7 Å². The van der Waals surface area contributed by atoms with Crippen LogP contribution in [0.4, 0.5) is 5.69 Å². The van der Waals surface area contributed by atoms with Crippen molar-refractivity contribution in [2.45, 2.75) is 18.2 Å². The second-order valence-corrected chi connectivity index (χ2v) is 6.80. The van der Waals surface area contributed by atoms with Crippen molar-refractivity contribution in [2.75, 3.05) is 10.8 Å². The molecule has 1 amide bonds. The number of hydrogen-bond donors (Lipinski definition) is 0. The summed E-state index contributed by atoms with van der Waals surface area (Å²) in [6, 6.07) is 16.3. The van der Waals surface area contributed by atoms with Crippen molar-refractivity contribution in [1.82, 2.24) is 0 Å². The molecule has 22 heavy (non-hydrogen) atoms. The van der Waals surface area contributed by atoms with Crippen LogP contribution in [0.5, 0.6) is 0 Å². The third-order valence-corrected chi connectivity index (χ3v) is 5.37. The summed E-state index contributed by atoms with van der Waals surface area (Å²) in [6.07, 6.45) is 0.536. The Morgan fingerprint density at radius 1 is 1.14 bits per heavy atom. The average Bonchev–Trinajstić information content (AvgIpc) is 2.55. The third kappa shape index (κ3) is 2.24. The number of carbonyl (C=O) groups excluding carboxylic acids is 1. The molecule has 0 fully saturated rings. The molecule has 0 bridgehead atoms. The summed E-state index contributed by atoms with van der Waals surface area (Å²) >= 11 is 1.82. The van der Waals surface area contributed by atoms with E-state index in [4.69, 9.17) is 5.10 Å². The van der Waals surface area contributed by atoms with Gasteiger partial charge in [0.2, 0.25) is 5.91 Å². The molecule has 0 saturated carbocycles. The number of anilines is 1. The van der Waals surface area contributed by atoms with Crippen molar-refractivity contribution in [3.05, 3.63) is 59.7 Å². The van der Waals surface area contributed by atoms with Crippen LogP contribution in [-0.4, -0.2) is 17.4 Å². The molecule has 110 valence electrons. The highest BCUT2D eigenvalue weighted by Crippen LogP contribution is 2.37. The van der Waals surface area contributed by atoms with Crippen LogP contribution in [0.1, 0.15) is 17.5 Å². The summed E-state index contributed by atoms with van der Waals surface area (Å²) < 4.78 is 0. The minimum Gasteiger partial charge on any atom is -0.273 e. The van der Waals surface area contributed by atoms with Crippen LogP contribution in [0, 0.1) is 12.8 Å². The summed E-state index contributed by atoms with van der Waals surface area (Å²) in [7, 11) is 0. The second kappa shape index (κ2) is 5.29. The lowest BCUT2D eigenvalue weighted by atomic mass is 9.93. The van der Waals surface area contributed by atoms with Gasteiger partial charge in [-0.25, -0.2) is 5.01 Å². The number of amides is 1. The first-order chi connectivity index (χ1) is 10.7. The largest absolute Gasteiger partial charge is 0.273 e. The van der Waals surface area contributed by atoms with Crippen molar-refractivity contribution >= 4 is 29.1 Å². The van der Waals surface area contributed by atoms with E-state index in [-0.39, 0.29) is 11.8 Å². The van der Waals surface area contributed by atoms with Crippen LogP contribution in [0.25, 0.3) is 0 Å². The standard InChI is InChI=1S/C18H16N2OS/c1-12-6-8-14(9-7-12)20-17(21)10-13-11-22-16-5-3-2-4-15(16)18(13)19-20/h2-9,13H,10-11H2,1H3. The van der Waals surface area contributed by atoms with Gasteiger partial charge < -0.3 is 0 Å². The zero-order valence-electron chi connectivity index (χ0n) is 12.3. The fourth-order valence-electron chi connectivity index (χ4n) is 2.93. The Kier molecular flexibility index (Phi) is 3.26. The van der Waals surface area contributed by atoms with Gasteiger partial charge in [0.25, 0.3) is 0 Å². The Morgan fingerprint density at radius 3 is 2.73 bits per heavy atom. The summed E-state index contributed by atoms with van der Waals surface area (Å²) in [4.78, 5) is 13.7. The highest BCUT2D eigenvalue weighted by atomic mass is 32.2. The molecule has 0 saturated heterocycles. The van der Waals surface area contributed by atoms with E-state index in [1.807, 2.05) is 49.0 Å². The molecule has 0 aromatic heterocycles. The number of hydrogen-bond acceptors (Lipinski definition) is 3. The highest BCUT2D eigenvalue weighted by molar-refractivity contribution is 7.99. The second-order valence-electron chi connectivity index (χ2n) is 5.73. The number of fused-ring (bicyclic) bond motifs is 3. The van der Waals surface area contributed by atoms with Crippen LogP contribution in [0.3, 0.4) is 0 Å². The molecule has 3 nitrogen and oxygen atoms in total. The maximum atomic E-state index is 12.5. The van der Waals surface area contributed by atoms with E-state index in [1.54, 1.807) is 5.01 Å². The summed E-state index contributed by atoms with van der Waals surface area (Å²) in [5.74, 6) is 1.25. The van der Waals surface area contributed by atoms with Crippen LogP contribution >= 0.6 is 11.8 Å². The first-order valence-corrected chi connectivity index (χ1v) is 8.41. The van der Waals surface area contributed by atoms with Gasteiger partial charge in [-0.05, 0) is 25.1 Å². The molecule has 2 aromatic carbocycles. The van der Waals surface area contributed by atoms with Gasteiger partial charge in [0, 0.05) is 28.6 Å². The van der Waals surface area contributed by atoms with Gasteiger partial charge in [0.1, 0.15) is 0 Å². The molecule has 4 rings (SSSR count). The van der Waals surface area contributed by atoms with Crippen LogP contribution in [0.15, 0.2) is 58.5 Å². The monoisotopic (exact) mass is 308 g/mol. The number of hydrazone groups is 1. The smallest absolute Gasteiger partial charge is 0.248 e. The lowest BCUT2D eigenvalue weighted by Gasteiger charge is -2.33. The predicted molar refractivity (Wildman–Crippen MR) is 90.5 cm³/mol. The number of carbonyl (C=O) groups is 1. The van der Waals surface area contributed by atoms with Crippen LogP contribution < -0.4 is 5.01 Å². The molecular formula is C18H16N2OS. The predicted octanol–water partition coefficient (Wildman–Crippen LogP) is 3.86. The highest BCUT2D eigenvalue weighted by Gasteiger charge is 2.34. The van der Waals surface area contributed by atoms with Gasteiger partial charge in [-0.1, -0.05) is 35.9 Å². The quantitative estimate of drug-likeness (QED) is 0.801. The molecule has 2 aromatic rings. The number of thioether (sulfide) groups is 1. The van der Waals surface area contributed by atoms with Gasteiger partial charge in [-0.2, -0.15) is 5.10 Å². The molecule has 2 aliphatic heterocycles. The maximum Gasteiger partial charge on any atom is 0.248 e. The fraction of sp³-hybridized carbons (Fsp3) is 0.222. The lowest BCUT2D eigenvalue weighted by molar-refractivity contribution is -0.119. The van der Waals surface area contributed by atoms with Crippen LogP contribution in [0.2, 0.25) is 0 Å². The molecular weight excluding hydrogens is 292 g/mol. The van der Waals surface area contributed by atoms with E-state index < -0.39 is 0 Å². The van der Waals surface area contributed by atoms with Crippen molar-refractivity contribution < 1.29 is 4.79 Å². The summed E-state index contributed by atoms with van der Waals surface area (Å²) in [6.45, 7) is 2.04. The van der Waals surface area contributed by atoms with E-state index in [0.717, 1.165) is 17.2 Å². The Balaban J connectivity index is 1.80. The van der Waals surface area contributed by atoms with Gasteiger partial charge in [-0.3, -0.25) is 4.79 Å². The first-order valence-electron chi connectivity index (χ1n) is 7.43. The SMILES string of the molecule is Cc1ccc(N2N=C3c4ccccc4SCC3CC2=O)cc1. The van der Waals surface area contributed by atoms with Crippen molar-refractivity contribution in [3.8, 4) is 0 Å². The van der Waals surface area contributed by atoms with Gasteiger partial charge in [-0.15, -0.1) is 11.8 Å². The molecule has 0 spiro atoms. The molecule has 0 N–H and O–H groups in total. The average molecular weight is 308 g/mol. The number of rotatable bonds is 1. The molecule has 4 heteroatoms. The maximum absolute atomic E-state index is 12.5. The molecule has 1 atom stereocenters. The number of nitrogens with zero attached hydrogens (tertiary/aromatic N) is 2. The Hall–Kier alpha value is -2.07. The van der Waals surface area contributed by atoms with E-state index in [1.165, 1.54) is 16.0 Å². The van der Waals surface area contributed by atoms with Crippen molar-refractivity contribution in [1.29, 1.82) is 0 Å². The van der Waals surface area contributed by atoms with E-state index in [2.05, 4.69) is 18.2 Å². The lowest BCUT2D eigenvalue weighted by Crippen LogP contribution is -2.39. The van der Waals surface area contributed by atoms with Gasteiger partial charge >= 0.3 is 0 Å². The third-order valence-electron chi connectivity index (χ3n) is 4.13. The minimum absolute atomic E-state index is 0.0811. The Bertz CT molecular complexity index is 767. The molecule has 0 radical (unpaired) electrons. The Labute approximate surface area is 134 Å². The van der Waals surface area contributed by atoms with E-state index in [0.29, 0.717) is 6.42 Å². The summed E-state index contributed by atoms with van der Waals surface area (Å²) in [5, 5.41) is 6.28. The van der Waals surface area contributed by atoms with Crippen molar-refractivity contribution in [3.63, 3.8) is 0 Å². The van der Waals surface area contributed by atoms with Crippen molar-refractivity contribution in [2.24, 2.45) is 11.0 Å². The molecule has 2 heterocycles. The number of benzene rings is 2. The molecule has 0 aliphatic carbocycles. The normalized spacial score (nSPS) is 20.2. The first kappa shape index (κ1) is 13.6. The van der Waals surface area contributed by atoms with E-state index >= 15 is 0 Å². The van der Waals surface area contributed by atoms with E-state index in [9.17, 15) is 4.79 Å². The fourth-order valence-corrected chi connectivity index (χ4v) is 4.09. The van der Waals surface area contributed by atoms with Crippen LogP contribution in [-0.2, 0) is 4.79 Å². The minimum atomic E-state index is 0.0811. The molecule has 1 unspecified atom stereocenters. The Morgan fingerprint density at radius 2 is 1.91 bits per heavy atom. The molecule has 2 aliphatic rings. The number of aryl methyl sites for hydroxylation is 1. The van der Waals surface area contributed by atoms with Gasteiger partial charge in [0.15, 0.2) is 0 Å². The zero-order valence-corrected chi connectivity index (χ0v) is 13.1. The summed E-state index contributed by atoms with van der Waals surface area (Å²) in [5.41, 5.74) is 4.25.